The summed E-state index contributed by atoms with van der Waals surface area (Å²) in [4.78, 5) is 13.3. The first-order valence-electron chi connectivity index (χ1n) is 3.32. The van der Waals surface area contributed by atoms with E-state index in [1.807, 2.05) is 0 Å². The molecule has 0 unspecified atom stereocenters. The Labute approximate surface area is 65.0 Å². The van der Waals surface area contributed by atoms with E-state index in [-0.39, 0.29) is 6.10 Å². The SMILES string of the molecule is CC(C)OC(=O)[C@H](C)N=[N+]=[N-]. The van der Waals surface area contributed by atoms with Crippen molar-refractivity contribution in [3.63, 3.8) is 0 Å². The van der Waals surface area contributed by atoms with E-state index in [0.29, 0.717) is 0 Å². The number of nitrogens with zero attached hydrogens (tertiary/aromatic N) is 3. The fourth-order valence-corrected chi connectivity index (χ4v) is 0.455. The molecule has 0 aromatic carbocycles. The third kappa shape index (κ3) is 4.22. The number of esters is 1. The highest BCUT2D eigenvalue weighted by Crippen LogP contribution is 1.97. The zero-order valence-electron chi connectivity index (χ0n) is 6.81. The molecule has 0 rings (SSSR count). The predicted octanol–water partition coefficient (Wildman–Crippen LogP) is 1.64. The summed E-state index contributed by atoms with van der Waals surface area (Å²) in [5.41, 5.74) is 7.97. The summed E-state index contributed by atoms with van der Waals surface area (Å²) in [6, 6.07) is -0.734. The van der Waals surface area contributed by atoms with Crippen LogP contribution in [0.1, 0.15) is 20.8 Å². The number of azide groups is 1. The van der Waals surface area contributed by atoms with Gasteiger partial charge in [0.25, 0.3) is 0 Å². The van der Waals surface area contributed by atoms with E-state index in [1.54, 1.807) is 13.8 Å². The molecule has 0 heterocycles. The lowest BCUT2D eigenvalue weighted by molar-refractivity contribution is -0.148. The van der Waals surface area contributed by atoms with Gasteiger partial charge in [0.05, 0.1) is 6.10 Å². The van der Waals surface area contributed by atoms with Gasteiger partial charge >= 0.3 is 5.97 Å². The van der Waals surface area contributed by atoms with Crippen molar-refractivity contribution in [2.45, 2.75) is 32.9 Å². The fourth-order valence-electron chi connectivity index (χ4n) is 0.455. The second-order valence-corrected chi connectivity index (χ2v) is 2.37. The van der Waals surface area contributed by atoms with Crippen LogP contribution in [0.15, 0.2) is 5.11 Å². The molecule has 62 valence electrons. The normalized spacial score (nSPS) is 12.0. The van der Waals surface area contributed by atoms with Gasteiger partial charge in [0.15, 0.2) is 0 Å². The minimum Gasteiger partial charge on any atom is -0.463 e. The number of rotatable bonds is 3. The van der Waals surface area contributed by atoms with Crippen molar-refractivity contribution in [2.24, 2.45) is 5.11 Å². The number of hydrogen-bond acceptors (Lipinski definition) is 3. The first kappa shape index (κ1) is 9.78. The van der Waals surface area contributed by atoms with Gasteiger partial charge in [-0.05, 0) is 26.3 Å². The number of ether oxygens (including phenoxy) is 1. The standard InChI is InChI=1S/C6H11N3O2/c1-4(2)11-6(10)5(3)8-9-7/h4-5H,1-3H3/t5-/m0/s1. The Kier molecular flexibility index (Phi) is 4.07. The zero-order chi connectivity index (χ0) is 8.85. The van der Waals surface area contributed by atoms with E-state index in [1.165, 1.54) is 6.92 Å². The fraction of sp³-hybridized carbons (Fsp3) is 0.833. The molecule has 0 N–H and O–H groups in total. The van der Waals surface area contributed by atoms with Crippen molar-refractivity contribution in [3.8, 4) is 0 Å². The molecule has 0 saturated carbocycles. The van der Waals surface area contributed by atoms with Gasteiger partial charge in [-0.3, -0.25) is 4.79 Å². The van der Waals surface area contributed by atoms with Crippen LogP contribution in [0.2, 0.25) is 0 Å². The number of carbonyl (C=O) groups is 1. The second-order valence-electron chi connectivity index (χ2n) is 2.37. The van der Waals surface area contributed by atoms with E-state index in [4.69, 9.17) is 10.3 Å². The first-order valence-corrected chi connectivity index (χ1v) is 3.32. The molecule has 0 saturated heterocycles. The summed E-state index contributed by atoms with van der Waals surface area (Å²) < 4.78 is 4.76. The van der Waals surface area contributed by atoms with Gasteiger partial charge in [0, 0.05) is 4.91 Å². The van der Waals surface area contributed by atoms with Crippen LogP contribution >= 0.6 is 0 Å². The van der Waals surface area contributed by atoms with Crippen LogP contribution in [-0.4, -0.2) is 18.1 Å². The van der Waals surface area contributed by atoms with Crippen molar-refractivity contribution in [1.82, 2.24) is 0 Å². The summed E-state index contributed by atoms with van der Waals surface area (Å²) in [7, 11) is 0. The molecule has 5 heteroatoms. The maximum absolute atomic E-state index is 10.9. The first-order chi connectivity index (χ1) is 5.07. The molecule has 0 radical (unpaired) electrons. The summed E-state index contributed by atoms with van der Waals surface area (Å²) in [5.74, 6) is -0.488. The van der Waals surface area contributed by atoms with Crippen LogP contribution in [0.25, 0.3) is 10.4 Å². The van der Waals surface area contributed by atoms with E-state index in [9.17, 15) is 4.79 Å². The zero-order valence-corrected chi connectivity index (χ0v) is 6.81. The highest BCUT2D eigenvalue weighted by molar-refractivity contribution is 5.75. The Bertz CT molecular complexity index is 184. The molecule has 0 aliphatic rings. The summed E-state index contributed by atoms with van der Waals surface area (Å²) >= 11 is 0. The average molecular weight is 157 g/mol. The van der Waals surface area contributed by atoms with Crippen molar-refractivity contribution in [3.05, 3.63) is 10.4 Å². The molecular formula is C6H11N3O2. The molecule has 0 aromatic heterocycles. The molecule has 5 nitrogen and oxygen atoms in total. The molecule has 0 bridgehead atoms. The Hall–Kier alpha value is -1.22. The molecule has 0 aliphatic carbocycles. The van der Waals surface area contributed by atoms with Gasteiger partial charge in [-0.2, -0.15) is 0 Å². The Morgan fingerprint density at radius 1 is 1.55 bits per heavy atom. The Morgan fingerprint density at radius 2 is 2.09 bits per heavy atom. The van der Waals surface area contributed by atoms with Crippen LogP contribution in [0.3, 0.4) is 0 Å². The minimum absolute atomic E-state index is 0.168. The lowest BCUT2D eigenvalue weighted by Gasteiger charge is -2.08. The molecule has 0 fully saturated rings. The van der Waals surface area contributed by atoms with Crippen LogP contribution in [-0.2, 0) is 9.53 Å². The minimum atomic E-state index is -0.734. The smallest absolute Gasteiger partial charge is 0.314 e. The monoisotopic (exact) mass is 157 g/mol. The highest BCUT2D eigenvalue weighted by Gasteiger charge is 2.12. The van der Waals surface area contributed by atoms with Gasteiger partial charge in [-0.1, -0.05) is 5.11 Å². The molecule has 0 amide bonds. The van der Waals surface area contributed by atoms with Gasteiger partial charge in [-0.25, -0.2) is 0 Å². The second kappa shape index (κ2) is 4.57. The largest absolute Gasteiger partial charge is 0.463 e. The lowest BCUT2D eigenvalue weighted by Crippen LogP contribution is -2.21. The number of carbonyl (C=O) groups excluding carboxylic acids is 1. The van der Waals surface area contributed by atoms with E-state index >= 15 is 0 Å². The number of hydrogen-bond donors (Lipinski definition) is 0. The van der Waals surface area contributed by atoms with Crippen LogP contribution < -0.4 is 0 Å². The molecule has 0 aliphatic heterocycles. The third-order valence-electron chi connectivity index (χ3n) is 0.918. The van der Waals surface area contributed by atoms with Crippen LogP contribution in [0, 0.1) is 0 Å². The Morgan fingerprint density at radius 3 is 2.45 bits per heavy atom. The maximum Gasteiger partial charge on any atom is 0.314 e. The van der Waals surface area contributed by atoms with Gasteiger partial charge in [0.2, 0.25) is 0 Å². The van der Waals surface area contributed by atoms with E-state index < -0.39 is 12.0 Å². The van der Waals surface area contributed by atoms with Gasteiger partial charge in [0.1, 0.15) is 6.04 Å². The predicted molar refractivity (Wildman–Crippen MR) is 39.8 cm³/mol. The topological polar surface area (TPSA) is 75.1 Å². The third-order valence-corrected chi connectivity index (χ3v) is 0.918. The van der Waals surface area contributed by atoms with Gasteiger partial charge in [-0.15, -0.1) is 0 Å². The quantitative estimate of drug-likeness (QED) is 0.270. The lowest BCUT2D eigenvalue weighted by atomic mass is 10.3. The van der Waals surface area contributed by atoms with Crippen molar-refractivity contribution in [2.75, 3.05) is 0 Å². The molecule has 1 atom stereocenters. The average Bonchev–Trinajstić information content (AvgIpc) is 1.86. The van der Waals surface area contributed by atoms with Crippen molar-refractivity contribution >= 4 is 5.97 Å². The molecule has 11 heavy (non-hydrogen) atoms. The van der Waals surface area contributed by atoms with Crippen molar-refractivity contribution < 1.29 is 9.53 Å². The molecular weight excluding hydrogens is 146 g/mol. The summed E-state index contributed by atoms with van der Waals surface area (Å²) in [6.45, 7) is 4.96. The van der Waals surface area contributed by atoms with Crippen LogP contribution in [0.5, 0.6) is 0 Å². The van der Waals surface area contributed by atoms with Crippen molar-refractivity contribution in [1.29, 1.82) is 0 Å². The molecule has 0 spiro atoms. The van der Waals surface area contributed by atoms with Crippen LogP contribution in [0.4, 0.5) is 0 Å². The van der Waals surface area contributed by atoms with Gasteiger partial charge < -0.3 is 4.74 Å². The molecule has 0 aromatic rings. The van der Waals surface area contributed by atoms with E-state index in [0.717, 1.165) is 0 Å². The highest BCUT2D eigenvalue weighted by atomic mass is 16.5. The maximum atomic E-state index is 10.9. The summed E-state index contributed by atoms with van der Waals surface area (Å²) in [5, 5.41) is 3.18. The summed E-state index contributed by atoms with van der Waals surface area (Å²) in [6.07, 6.45) is -0.168. The van der Waals surface area contributed by atoms with E-state index in [2.05, 4.69) is 10.0 Å². The Balaban J connectivity index is 3.92.